The fraction of sp³-hybridized carbons (Fsp3) is 0.476. The molecule has 0 spiro atoms. The highest BCUT2D eigenvalue weighted by Crippen LogP contribution is 2.42. The number of para-hydroxylation sites is 1. The van der Waals surface area contributed by atoms with Gasteiger partial charge >= 0.3 is 5.97 Å². The van der Waals surface area contributed by atoms with Gasteiger partial charge in [-0.25, -0.2) is 0 Å². The summed E-state index contributed by atoms with van der Waals surface area (Å²) < 4.78 is 7.29. The topological polar surface area (TPSA) is 54.7 Å². The number of allylic oxidation sites excluding steroid dienone is 1. The van der Waals surface area contributed by atoms with Crippen LogP contribution in [-0.4, -0.2) is 47.0 Å². The number of aliphatic hydroxyl groups excluding tert-OH is 1. The number of rotatable bonds is 2. The average molecular weight is 354 g/mol. The molecule has 1 aromatic carbocycles. The van der Waals surface area contributed by atoms with Crippen LogP contribution < -0.4 is 0 Å². The Morgan fingerprint density at radius 3 is 2.92 bits per heavy atom. The summed E-state index contributed by atoms with van der Waals surface area (Å²) in [7, 11) is 2.04. The summed E-state index contributed by atoms with van der Waals surface area (Å²) in [6.07, 6.45) is 4.01. The van der Waals surface area contributed by atoms with Crippen LogP contribution in [0.4, 0.5) is 0 Å². The standard InChI is InChI=1S/C21H26N2O3/c1-3-14-12-23-10-8-15(14)19(21(25)26-13-24)20-17(9-11-23)16-6-4-5-7-18(16)22(20)2/h3-7,15,19,24H,8-13H2,1-2H3/b14-3+. The normalized spacial score (nSPS) is 27.0. The number of hydrogen-bond donors (Lipinski definition) is 1. The van der Waals surface area contributed by atoms with Gasteiger partial charge in [0.1, 0.15) is 5.92 Å². The zero-order valence-electron chi connectivity index (χ0n) is 15.4. The van der Waals surface area contributed by atoms with Gasteiger partial charge in [0, 0.05) is 42.7 Å². The largest absolute Gasteiger partial charge is 0.438 e. The molecule has 5 heteroatoms. The third-order valence-corrected chi connectivity index (χ3v) is 6.11. The van der Waals surface area contributed by atoms with E-state index in [1.54, 1.807) is 0 Å². The zero-order valence-corrected chi connectivity index (χ0v) is 15.4. The van der Waals surface area contributed by atoms with Crippen molar-refractivity contribution < 1.29 is 14.6 Å². The number of carbonyl (C=O) groups is 1. The van der Waals surface area contributed by atoms with Gasteiger partial charge in [-0.1, -0.05) is 29.8 Å². The number of carbonyl (C=O) groups excluding carboxylic acids is 1. The van der Waals surface area contributed by atoms with Crippen LogP contribution in [0.1, 0.15) is 30.5 Å². The molecule has 5 nitrogen and oxygen atoms in total. The molecular weight excluding hydrogens is 328 g/mol. The molecule has 2 aromatic rings. The van der Waals surface area contributed by atoms with Crippen molar-refractivity contribution in [1.82, 2.24) is 9.47 Å². The molecule has 1 aromatic heterocycles. The quantitative estimate of drug-likeness (QED) is 0.512. The third-order valence-electron chi connectivity index (χ3n) is 6.11. The van der Waals surface area contributed by atoms with E-state index in [9.17, 15) is 9.90 Å². The lowest BCUT2D eigenvalue weighted by Crippen LogP contribution is -2.39. The van der Waals surface area contributed by atoms with E-state index in [0.29, 0.717) is 0 Å². The summed E-state index contributed by atoms with van der Waals surface area (Å²) in [5.41, 5.74) is 4.75. The third kappa shape index (κ3) is 2.66. The second-order valence-corrected chi connectivity index (χ2v) is 7.30. The summed E-state index contributed by atoms with van der Waals surface area (Å²) in [6, 6.07) is 8.35. The predicted octanol–water partition coefficient (Wildman–Crippen LogP) is 2.58. The highest BCUT2D eigenvalue weighted by atomic mass is 16.6. The molecule has 138 valence electrons. The van der Waals surface area contributed by atoms with E-state index >= 15 is 0 Å². The molecule has 26 heavy (non-hydrogen) atoms. The number of benzene rings is 1. The van der Waals surface area contributed by atoms with Crippen molar-refractivity contribution in [2.24, 2.45) is 13.0 Å². The number of aromatic nitrogens is 1. The Bertz CT molecular complexity index is 868. The Kier molecular flexibility index (Phi) is 4.59. The second kappa shape index (κ2) is 6.89. The monoisotopic (exact) mass is 354 g/mol. The molecule has 0 saturated carbocycles. The first kappa shape index (κ1) is 17.3. The van der Waals surface area contributed by atoms with Crippen LogP contribution in [0, 0.1) is 5.92 Å². The van der Waals surface area contributed by atoms with Crippen molar-refractivity contribution >= 4 is 16.9 Å². The van der Waals surface area contributed by atoms with E-state index in [-0.39, 0.29) is 17.8 Å². The Morgan fingerprint density at radius 1 is 1.35 bits per heavy atom. The van der Waals surface area contributed by atoms with Crippen LogP contribution in [0.25, 0.3) is 10.9 Å². The Hall–Kier alpha value is -2.11. The lowest BCUT2D eigenvalue weighted by Gasteiger charge is -2.36. The molecular formula is C21H26N2O3. The van der Waals surface area contributed by atoms with Crippen LogP contribution in [0.3, 0.4) is 0 Å². The molecule has 1 saturated heterocycles. The van der Waals surface area contributed by atoms with Gasteiger partial charge in [-0.05, 0) is 37.9 Å². The van der Waals surface area contributed by atoms with Crippen molar-refractivity contribution in [3.05, 3.63) is 47.2 Å². The van der Waals surface area contributed by atoms with Gasteiger partial charge in [0.15, 0.2) is 6.79 Å². The molecule has 5 rings (SSSR count). The molecule has 3 atom stereocenters. The Balaban J connectivity index is 1.97. The number of fused-ring (bicyclic) bond motifs is 4. The molecule has 0 aliphatic carbocycles. The summed E-state index contributed by atoms with van der Waals surface area (Å²) in [5.74, 6) is -0.574. The highest BCUT2D eigenvalue weighted by Gasteiger charge is 2.41. The molecule has 2 bridgehead atoms. The minimum atomic E-state index is -0.571. The van der Waals surface area contributed by atoms with Gasteiger partial charge in [0.05, 0.1) is 0 Å². The van der Waals surface area contributed by atoms with Gasteiger partial charge in [-0.15, -0.1) is 0 Å². The second-order valence-electron chi connectivity index (χ2n) is 7.30. The van der Waals surface area contributed by atoms with Gasteiger partial charge < -0.3 is 14.4 Å². The maximum Gasteiger partial charge on any atom is 0.317 e. The first-order valence-corrected chi connectivity index (χ1v) is 9.36. The van der Waals surface area contributed by atoms with E-state index < -0.39 is 6.79 Å². The van der Waals surface area contributed by atoms with Crippen molar-refractivity contribution in [3.63, 3.8) is 0 Å². The van der Waals surface area contributed by atoms with Gasteiger partial charge in [0.25, 0.3) is 0 Å². The van der Waals surface area contributed by atoms with Crippen molar-refractivity contribution in [2.45, 2.75) is 25.7 Å². The lowest BCUT2D eigenvalue weighted by molar-refractivity contribution is -0.155. The van der Waals surface area contributed by atoms with Crippen molar-refractivity contribution in [2.75, 3.05) is 26.4 Å². The maximum atomic E-state index is 13.0. The number of aryl methyl sites for hydroxylation is 1. The minimum Gasteiger partial charge on any atom is -0.438 e. The number of hydrogen-bond acceptors (Lipinski definition) is 4. The number of esters is 1. The van der Waals surface area contributed by atoms with Crippen LogP contribution in [0.2, 0.25) is 0 Å². The molecule has 4 heterocycles. The van der Waals surface area contributed by atoms with Crippen molar-refractivity contribution in [3.8, 4) is 0 Å². The number of nitrogens with zero attached hydrogens (tertiary/aromatic N) is 2. The molecule has 1 fully saturated rings. The van der Waals surface area contributed by atoms with Crippen LogP contribution in [0.5, 0.6) is 0 Å². The van der Waals surface area contributed by atoms with E-state index in [1.807, 2.05) is 13.1 Å². The van der Waals surface area contributed by atoms with Crippen LogP contribution >= 0.6 is 0 Å². The number of piperidine rings is 1. The maximum absolute atomic E-state index is 13.0. The summed E-state index contributed by atoms with van der Waals surface area (Å²) in [4.78, 5) is 15.5. The molecule has 3 aliphatic heterocycles. The molecule has 3 unspecified atom stereocenters. The minimum absolute atomic E-state index is 0.121. The van der Waals surface area contributed by atoms with E-state index in [4.69, 9.17) is 4.74 Å². The SMILES string of the molecule is C/C=C1\CN2CCc3c(n(C)c4ccccc34)C(C(=O)OCO)C1CC2. The fourth-order valence-corrected chi connectivity index (χ4v) is 4.88. The first-order valence-electron chi connectivity index (χ1n) is 9.36. The van der Waals surface area contributed by atoms with Crippen molar-refractivity contribution in [1.29, 1.82) is 0 Å². The summed E-state index contributed by atoms with van der Waals surface area (Å²) >= 11 is 0. The van der Waals surface area contributed by atoms with E-state index in [1.165, 1.54) is 16.5 Å². The molecule has 0 amide bonds. The molecule has 1 N–H and O–H groups in total. The zero-order chi connectivity index (χ0) is 18.3. The first-order chi connectivity index (χ1) is 12.7. The average Bonchev–Trinajstić information content (AvgIpc) is 2.99. The van der Waals surface area contributed by atoms with Crippen LogP contribution in [0.15, 0.2) is 35.9 Å². The lowest BCUT2D eigenvalue weighted by atomic mass is 9.78. The van der Waals surface area contributed by atoms with Gasteiger partial charge in [-0.2, -0.15) is 0 Å². The fourth-order valence-electron chi connectivity index (χ4n) is 4.88. The molecule has 0 radical (unpaired) electrons. The summed E-state index contributed by atoms with van der Waals surface area (Å²) in [5, 5.41) is 10.4. The number of ether oxygens (including phenoxy) is 1. The predicted molar refractivity (Wildman–Crippen MR) is 101 cm³/mol. The smallest absolute Gasteiger partial charge is 0.317 e. The summed E-state index contributed by atoms with van der Waals surface area (Å²) in [6.45, 7) is 4.39. The van der Waals surface area contributed by atoms with E-state index in [2.05, 4.69) is 40.7 Å². The Morgan fingerprint density at radius 2 is 2.15 bits per heavy atom. The highest BCUT2D eigenvalue weighted by molar-refractivity contribution is 5.89. The van der Waals surface area contributed by atoms with E-state index in [0.717, 1.165) is 43.7 Å². The number of aliphatic hydroxyl groups is 1. The van der Waals surface area contributed by atoms with Crippen LogP contribution in [-0.2, 0) is 23.0 Å². The van der Waals surface area contributed by atoms with Gasteiger partial charge in [0.2, 0.25) is 0 Å². The molecule has 3 aliphatic rings. The Labute approximate surface area is 153 Å². The van der Waals surface area contributed by atoms with Gasteiger partial charge in [-0.3, -0.25) is 9.69 Å².